The van der Waals surface area contributed by atoms with E-state index in [4.69, 9.17) is 0 Å². The van der Waals surface area contributed by atoms with E-state index in [-0.39, 0.29) is 0 Å². The Morgan fingerprint density at radius 1 is 0.375 bits per heavy atom. The summed E-state index contributed by atoms with van der Waals surface area (Å²) in [5, 5.41) is 5.26. The molecule has 4 nitrogen and oxygen atoms in total. The van der Waals surface area contributed by atoms with Crippen molar-refractivity contribution in [2.45, 2.75) is 79.1 Å². The van der Waals surface area contributed by atoms with Crippen molar-refractivity contribution in [3.63, 3.8) is 0 Å². The van der Waals surface area contributed by atoms with Crippen LogP contribution in [0.1, 0.15) is 101 Å². The Balaban J connectivity index is 0.000000125. The third-order valence-corrected chi connectivity index (χ3v) is 8.98. The number of rotatable bonds is 4. The molecule has 48 heavy (non-hydrogen) atoms. The second-order valence-corrected chi connectivity index (χ2v) is 13.8. The van der Waals surface area contributed by atoms with Crippen LogP contribution in [0.25, 0.3) is 43.6 Å². The molecule has 8 rings (SSSR count). The van der Waals surface area contributed by atoms with Crippen molar-refractivity contribution in [3.8, 4) is 0 Å². The molecular formula is C44H52N4. The molecule has 8 aromatic rings. The first-order valence-corrected chi connectivity index (χ1v) is 17.4. The molecule has 0 aliphatic rings. The molecule has 4 aromatic carbocycles. The molecule has 0 spiro atoms. The van der Waals surface area contributed by atoms with E-state index in [2.05, 4.69) is 172 Å². The van der Waals surface area contributed by atoms with Crippen LogP contribution in [0.4, 0.5) is 0 Å². The van der Waals surface area contributed by atoms with Crippen molar-refractivity contribution in [1.29, 1.82) is 0 Å². The van der Waals surface area contributed by atoms with Crippen molar-refractivity contribution in [2.75, 3.05) is 0 Å². The lowest BCUT2D eigenvalue weighted by molar-refractivity contribution is 0.868. The predicted molar refractivity (Wildman–Crippen MR) is 210 cm³/mol. The zero-order chi connectivity index (χ0) is 34.2. The molecular weight excluding hydrogens is 585 g/mol. The number of benzene rings is 4. The minimum atomic E-state index is 0.590. The molecule has 0 aliphatic heterocycles. The Kier molecular flexibility index (Phi) is 11.3. The quantitative estimate of drug-likeness (QED) is 0.149. The summed E-state index contributed by atoms with van der Waals surface area (Å²) in [5.74, 6) is 2.42. The summed E-state index contributed by atoms with van der Waals surface area (Å²) in [4.78, 5) is 12.9. The maximum Gasteiger partial charge on any atom is 0.0489 e. The average Bonchev–Trinajstić information content (AvgIpc) is 3.90. The molecule has 0 unspecified atom stereocenters. The van der Waals surface area contributed by atoms with Gasteiger partial charge in [0.25, 0.3) is 0 Å². The molecule has 4 heterocycles. The van der Waals surface area contributed by atoms with Gasteiger partial charge in [-0.15, -0.1) is 0 Å². The van der Waals surface area contributed by atoms with Crippen LogP contribution in [-0.4, -0.2) is 19.9 Å². The number of hydrogen-bond acceptors (Lipinski definition) is 0. The van der Waals surface area contributed by atoms with Crippen molar-refractivity contribution < 1.29 is 0 Å². The van der Waals surface area contributed by atoms with Gasteiger partial charge in [0.15, 0.2) is 0 Å². The highest BCUT2D eigenvalue weighted by molar-refractivity contribution is 5.84. The van der Waals surface area contributed by atoms with E-state index < -0.39 is 0 Å². The van der Waals surface area contributed by atoms with E-state index in [1.807, 2.05) is 24.8 Å². The lowest BCUT2D eigenvalue weighted by Crippen LogP contribution is -1.87. The topological polar surface area (TPSA) is 63.2 Å². The number of aromatic amines is 4. The Morgan fingerprint density at radius 3 is 1.67 bits per heavy atom. The second kappa shape index (κ2) is 15.8. The van der Waals surface area contributed by atoms with E-state index >= 15 is 0 Å². The minimum Gasteiger partial charge on any atom is -0.361 e. The number of fused-ring (bicyclic) bond motifs is 4. The fourth-order valence-corrected chi connectivity index (χ4v) is 6.06. The van der Waals surface area contributed by atoms with Crippen LogP contribution >= 0.6 is 0 Å². The fourth-order valence-electron chi connectivity index (χ4n) is 6.06. The molecule has 4 N–H and O–H groups in total. The first kappa shape index (κ1) is 34.4. The summed E-state index contributed by atoms with van der Waals surface area (Å²) >= 11 is 0. The molecule has 0 saturated heterocycles. The number of aromatic nitrogens is 4. The summed E-state index contributed by atoms with van der Waals surface area (Å²) in [7, 11) is 0. The predicted octanol–water partition coefficient (Wildman–Crippen LogP) is 13.2. The molecule has 0 radical (unpaired) electrons. The fraction of sp³-hybridized carbons (Fsp3) is 0.273. The van der Waals surface area contributed by atoms with Crippen LogP contribution < -0.4 is 0 Å². The lowest BCUT2D eigenvalue weighted by Gasteiger charge is -2.05. The smallest absolute Gasteiger partial charge is 0.0489 e. The Bertz CT molecular complexity index is 2000. The zero-order valence-electron chi connectivity index (χ0n) is 29.9. The first-order valence-electron chi connectivity index (χ1n) is 17.4. The minimum absolute atomic E-state index is 0.590. The van der Waals surface area contributed by atoms with Gasteiger partial charge in [0.2, 0.25) is 0 Å². The molecule has 0 bridgehead atoms. The van der Waals surface area contributed by atoms with Crippen molar-refractivity contribution >= 4 is 43.6 Å². The molecule has 0 saturated carbocycles. The lowest BCUT2D eigenvalue weighted by atomic mass is 10.00. The normalized spacial score (nSPS) is 11.2. The summed E-state index contributed by atoms with van der Waals surface area (Å²) in [6, 6.07) is 34.5. The van der Waals surface area contributed by atoms with Crippen LogP contribution in [-0.2, 0) is 0 Å². The average molecular weight is 637 g/mol. The highest BCUT2D eigenvalue weighted by Crippen LogP contribution is 2.25. The van der Waals surface area contributed by atoms with Gasteiger partial charge in [-0.1, -0.05) is 104 Å². The van der Waals surface area contributed by atoms with Crippen LogP contribution in [0, 0.1) is 0 Å². The van der Waals surface area contributed by atoms with Gasteiger partial charge in [-0.05, 0) is 111 Å². The first-order chi connectivity index (χ1) is 23.1. The summed E-state index contributed by atoms with van der Waals surface area (Å²) in [6.45, 7) is 17.7. The van der Waals surface area contributed by atoms with Crippen molar-refractivity contribution in [1.82, 2.24) is 19.9 Å². The Labute approximate surface area is 286 Å². The largest absolute Gasteiger partial charge is 0.361 e. The van der Waals surface area contributed by atoms with Crippen molar-refractivity contribution in [2.24, 2.45) is 0 Å². The third kappa shape index (κ3) is 8.30. The van der Waals surface area contributed by atoms with E-state index in [1.54, 1.807) is 0 Å². The van der Waals surface area contributed by atoms with E-state index in [9.17, 15) is 0 Å². The van der Waals surface area contributed by atoms with E-state index in [0.717, 1.165) is 0 Å². The highest BCUT2D eigenvalue weighted by atomic mass is 14.7. The standard InChI is InChI=1S/4C11H13N/c1-8(2)9-3-4-11-10(7-9)5-6-12-11;1-8(2)10-4-3-9-5-6-12-11(9)7-10;1-8(2)9-4-3-5-11-10(9)6-7-12-11;1-8(2)10-5-3-4-9-6-7-12-11(9)10/h4*3-8,12H,1-2H3. The Morgan fingerprint density at radius 2 is 0.938 bits per heavy atom. The van der Waals surface area contributed by atoms with Gasteiger partial charge >= 0.3 is 0 Å². The maximum absolute atomic E-state index is 3.27. The number of H-pyrrole nitrogens is 4. The van der Waals surface area contributed by atoms with Crippen LogP contribution in [0.15, 0.2) is 122 Å². The SMILES string of the molecule is CC(C)c1ccc2[nH]ccc2c1.CC(C)c1ccc2cc[nH]c2c1.CC(C)c1cccc2[nH]ccc12.CC(C)c1cccc2cc[nH]c12. The van der Waals surface area contributed by atoms with Gasteiger partial charge in [0.05, 0.1) is 0 Å². The number of para-hydroxylation sites is 1. The monoisotopic (exact) mass is 636 g/mol. The molecule has 0 aliphatic carbocycles. The number of nitrogens with one attached hydrogen (secondary N) is 4. The second-order valence-electron chi connectivity index (χ2n) is 13.8. The summed E-state index contributed by atoms with van der Waals surface area (Å²) in [6.07, 6.45) is 7.96. The van der Waals surface area contributed by atoms with Crippen molar-refractivity contribution in [3.05, 3.63) is 144 Å². The molecule has 4 heteroatoms. The van der Waals surface area contributed by atoms with Gasteiger partial charge in [-0.25, -0.2) is 0 Å². The summed E-state index contributed by atoms with van der Waals surface area (Å²) in [5.41, 5.74) is 10.6. The third-order valence-electron chi connectivity index (χ3n) is 8.98. The van der Waals surface area contributed by atoms with E-state index in [0.29, 0.717) is 23.7 Å². The number of hydrogen-bond donors (Lipinski definition) is 4. The zero-order valence-corrected chi connectivity index (χ0v) is 29.9. The summed E-state index contributed by atoms with van der Waals surface area (Å²) < 4.78 is 0. The van der Waals surface area contributed by atoms with Crippen LogP contribution in [0.5, 0.6) is 0 Å². The van der Waals surface area contributed by atoms with E-state index in [1.165, 1.54) is 65.9 Å². The van der Waals surface area contributed by atoms with Gasteiger partial charge in [0, 0.05) is 52.2 Å². The van der Waals surface area contributed by atoms with Gasteiger partial charge in [0.1, 0.15) is 0 Å². The molecule has 4 aromatic heterocycles. The van der Waals surface area contributed by atoms with Gasteiger partial charge in [-0.2, -0.15) is 0 Å². The van der Waals surface area contributed by atoms with Gasteiger partial charge < -0.3 is 19.9 Å². The molecule has 0 fully saturated rings. The molecule has 248 valence electrons. The highest BCUT2D eigenvalue weighted by Gasteiger charge is 2.05. The van der Waals surface area contributed by atoms with Gasteiger partial charge in [-0.3, -0.25) is 0 Å². The molecule has 0 amide bonds. The van der Waals surface area contributed by atoms with Crippen LogP contribution in [0.3, 0.4) is 0 Å². The van der Waals surface area contributed by atoms with Crippen LogP contribution in [0.2, 0.25) is 0 Å². The molecule has 0 atom stereocenters. The Hall–Kier alpha value is -4.96. The maximum atomic E-state index is 3.27.